The molecular weight excluding hydrogens is 252 g/mol. The topological polar surface area (TPSA) is 56.5 Å². The van der Waals surface area contributed by atoms with Gasteiger partial charge in [-0.05, 0) is 12.5 Å². The Morgan fingerprint density at radius 3 is 2.45 bits per heavy atom. The number of nitrogens with two attached hydrogens (primary N) is 1. The summed E-state index contributed by atoms with van der Waals surface area (Å²) in [5.74, 6) is 7.23. The van der Waals surface area contributed by atoms with Gasteiger partial charge in [0, 0.05) is 11.6 Å². The summed E-state index contributed by atoms with van der Waals surface area (Å²) in [6, 6.07) is 6.01. The normalized spacial score (nSPS) is 12.2. The van der Waals surface area contributed by atoms with Crippen LogP contribution < -0.4 is 20.7 Å². The molecule has 1 atom stereocenters. The van der Waals surface area contributed by atoms with E-state index in [9.17, 15) is 0 Å². The van der Waals surface area contributed by atoms with Crippen LogP contribution in [0.4, 0.5) is 0 Å². The Morgan fingerprint density at radius 2 is 1.85 bits per heavy atom. The quantitative estimate of drug-likeness (QED) is 0.391. The first-order valence-electron chi connectivity index (χ1n) is 7.45. The van der Waals surface area contributed by atoms with E-state index in [4.69, 9.17) is 15.3 Å². The van der Waals surface area contributed by atoms with E-state index in [-0.39, 0.29) is 6.04 Å². The fourth-order valence-electron chi connectivity index (χ4n) is 2.47. The Balaban J connectivity index is 2.69. The van der Waals surface area contributed by atoms with Crippen LogP contribution in [0, 0.1) is 0 Å². The van der Waals surface area contributed by atoms with Crippen molar-refractivity contribution in [2.45, 2.75) is 51.5 Å². The number of methoxy groups -OCH3 is 2. The predicted molar refractivity (Wildman–Crippen MR) is 83.0 cm³/mol. The van der Waals surface area contributed by atoms with Gasteiger partial charge in [-0.2, -0.15) is 0 Å². The van der Waals surface area contributed by atoms with E-state index in [1.807, 2.05) is 18.2 Å². The van der Waals surface area contributed by atoms with Crippen LogP contribution in [0.2, 0.25) is 0 Å². The molecule has 4 heteroatoms. The molecule has 0 saturated carbocycles. The number of hydrazine groups is 1. The summed E-state index contributed by atoms with van der Waals surface area (Å²) >= 11 is 0. The number of para-hydroxylation sites is 1. The predicted octanol–water partition coefficient (Wildman–Crippen LogP) is 3.57. The molecule has 0 aliphatic carbocycles. The van der Waals surface area contributed by atoms with Crippen molar-refractivity contribution in [3.8, 4) is 11.5 Å². The van der Waals surface area contributed by atoms with Gasteiger partial charge in [-0.1, -0.05) is 51.2 Å². The third kappa shape index (κ3) is 4.69. The molecule has 0 radical (unpaired) electrons. The molecule has 114 valence electrons. The molecule has 20 heavy (non-hydrogen) atoms. The summed E-state index contributed by atoms with van der Waals surface area (Å²) in [7, 11) is 3.31. The molecule has 0 heterocycles. The van der Waals surface area contributed by atoms with E-state index in [1.165, 1.54) is 25.7 Å². The van der Waals surface area contributed by atoms with Crippen molar-refractivity contribution in [2.75, 3.05) is 14.2 Å². The van der Waals surface area contributed by atoms with Crippen LogP contribution in [0.15, 0.2) is 18.2 Å². The highest BCUT2D eigenvalue weighted by Gasteiger charge is 2.17. The van der Waals surface area contributed by atoms with Gasteiger partial charge in [-0.3, -0.25) is 11.3 Å². The van der Waals surface area contributed by atoms with E-state index >= 15 is 0 Å². The summed E-state index contributed by atoms with van der Waals surface area (Å²) in [4.78, 5) is 0. The number of unbranched alkanes of at least 4 members (excludes halogenated alkanes) is 4. The van der Waals surface area contributed by atoms with Gasteiger partial charge < -0.3 is 9.47 Å². The molecule has 1 aromatic rings. The highest BCUT2D eigenvalue weighted by molar-refractivity contribution is 5.48. The second kappa shape index (κ2) is 9.61. The SMILES string of the molecule is CCCCCCCC(NN)c1cccc(OC)c1OC. The molecule has 0 aliphatic heterocycles. The van der Waals surface area contributed by atoms with E-state index in [1.54, 1.807) is 14.2 Å². The molecule has 0 amide bonds. The van der Waals surface area contributed by atoms with Gasteiger partial charge in [0.15, 0.2) is 11.5 Å². The highest BCUT2D eigenvalue weighted by Crippen LogP contribution is 2.36. The number of rotatable bonds is 10. The van der Waals surface area contributed by atoms with Crippen molar-refractivity contribution >= 4 is 0 Å². The smallest absolute Gasteiger partial charge is 0.165 e. The molecule has 1 aromatic carbocycles. The molecule has 0 bridgehead atoms. The summed E-state index contributed by atoms with van der Waals surface area (Å²) in [6.07, 6.45) is 7.28. The second-order valence-electron chi connectivity index (χ2n) is 5.00. The lowest BCUT2D eigenvalue weighted by molar-refractivity contribution is 0.344. The Hall–Kier alpha value is -1.26. The first kappa shape index (κ1) is 16.8. The van der Waals surface area contributed by atoms with Crippen LogP contribution in [0.3, 0.4) is 0 Å². The standard InChI is InChI=1S/C16H28N2O2/c1-4-5-6-7-8-11-14(18-17)13-10-9-12-15(19-2)16(13)20-3/h9-10,12,14,18H,4-8,11,17H2,1-3H3. The van der Waals surface area contributed by atoms with Crippen molar-refractivity contribution < 1.29 is 9.47 Å². The van der Waals surface area contributed by atoms with Crippen LogP contribution in [-0.2, 0) is 0 Å². The minimum atomic E-state index is 0.0988. The molecule has 3 N–H and O–H groups in total. The summed E-state index contributed by atoms with van der Waals surface area (Å²) in [6.45, 7) is 2.23. The highest BCUT2D eigenvalue weighted by atomic mass is 16.5. The van der Waals surface area contributed by atoms with Crippen molar-refractivity contribution in [2.24, 2.45) is 5.84 Å². The fourth-order valence-corrected chi connectivity index (χ4v) is 2.47. The lowest BCUT2D eigenvalue weighted by atomic mass is 9.99. The van der Waals surface area contributed by atoms with Crippen LogP contribution in [0.25, 0.3) is 0 Å². The lowest BCUT2D eigenvalue weighted by Crippen LogP contribution is -2.28. The Morgan fingerprint density at radius 1 is 1.10 bits per heavy atom. The maximum Gasteiger partial charge on any atom is 0.165 e. The van der Waals surface area contributed by atoms with Gasteiger partial charge in [0.2, 0.25) is 0 Å². The van der Waals surface area contributed by atoms with Gasteiger partial charge in [0.05, 0.1) is 14.2 Å². The zero-order valence-corrected chi connectivity index (χ0v) is 12.9. The maximum absolute atomic E-state index is 5.71. The Kier molecular flexibility index (Phi) is 8.07. The minimum Gasteiger partial charge on any atom is -0.493 e. The zero-order valence-electron chi connectivity index (χ0n) is 12.9. The number of hydrogen-bond acceptors (Lipinski definition) is 4. The molecule has 4 nitrogen and oxygen atoms in total. The van der Waals surface area contributed by atoms with E-state index in [2.05, 4.69) is 12.3 Å². The van der Waals surface area contributed by atoms with Gasteiger partial charge in [-0.15, -0.1) is 0 Å². The summed E-state index contributed by atoms with van der Waals surface area (Å²) < 4.78 is 10.8. The number of nitrogens with one attached hydrogen (secondary N) is 1. The number of ether oxygens (including phenoxy) is 2. The van der Waals surface area contributed by atoms with Gasteiger partial charge in [-0.25, -0.2) is 0 Å². The molecular formula is C16H28N2O2. The molecule has 0 saturated heterocycles. The molecule has 0 aliphatic rings. The van der Waals surface area contributed by atoms with Crippen molar-refractivity contribution in [3.63, 3.8) is 0 Å². The fraction of sp³-hybridized carbons (Fsp3) is 0.625. The Bertz CT molecular complexity index is 383. The molecule has 0 spiro atoms. The van der Waals surface area contributed by atoms with Crippen molar-refractivity contribution in [1.82, 2.24) is 5.43 Å². The molecule has 0 aromatic heterocycles. The zero-order chi connectivity index (χ0) is 14.8. The van der Waals surface area contributed by atoms with Gasteiger partial charge in [0.1, 0.15) is 0 Å². The number of benzene rings is 1. The van der Waals surface area contributed by atoms with E-state index < -0.39 is 0 Å². The monoisotopic (exact) mass is 280 g/mol. The molecule has 1 unspecified atom stereocenters. The summed E-state index contributed by atoms with van der Waals surface area (Å²) in [5, 5.41) is 0. The van der Waals surface area contributed by atoms with Crippen LogP contribution in [0.1, 0.15) is 57.1 Å². The molecule has 0 fully saturated rings. The van der Waals surface area contributed by atoms with Crippen LogP contribution >= 0.6 is 0 Å². The van der Waals surface area contributed by atoms with Crippen molar-refractivity contribution in [3.05, 3.63) is 23.8 Å². The van der Waals surface area contributed by atoms with Gasteiger partial charge >= 0.3 is 0 Å². The molecule has 1 rings (SSSR count). The average molecular weight is 280 g/mol. The van der Waals surface area contributed by atoms with E-state index in [0.29, 0.717) is 0 Å². The second-order valence-corrected chi connectivity index (χ2v) is 5.00. The first-order chi connectivity index (χ1) is 9.78. The average Bonchev–Trinajstić information content (AvgIpc) is 2.50. The van der Waals surface area contributed by atoms with Crippen LogP contribution in [0.5, 0.6) is 11.5 Å². The Labute approximate surface area is 122 Å². The third-order valence-corrected chi connectivity index (χ3v) is 3.61. The maximum atomic E-state index is 5.71. The van der Waals surface area contributed by atoms with E-state index in [0.717, 1.165) is 29.9 Å². The lowest BCUT2D eigenvalue weighted by Gasteiger charge is -2.20. The van der Waals surface area contributed by atoms with Crippen LogP contribution in [-0.4, -0.2) is 14.2 Å². The van der Waals surface area contributed by atoms with Gasteiger partial charge in [0.25, 0.3) is 0 Å². The largest absolute Gasteiger partial charge is 0.493 e. The van der Waals surface area contributed by atoms with Crippen molar-refractivity contribution in [1.29, 1.82) is 0 Å². The third-order valence-electron chi connectivity index (χ3n) is 3.61. The number of hydrogen-bond donors (Lipinski definition) is 2. The summed E-state index contributed by atoms with van der Waals surface area (Å²) in [5.41, 5.74) is 3.96. The first-order valence-corrected chi connectivity index (χ1v) is 7.45. The minimum absolute atomic E-state index is 0.0988.